The Kier molecular flexibility index (Phi) is 7.03. The number of ether oxygens (including phenoxy) is 1. The molecule has 0 aromatic heterocycles. The third-order valence-electron chi connectivity index (χ3n) is 5.85. The van der Waals surface area contributed by atoms with Crippen LogP contribution in [0.25, 0.3) is 0 Å². The molecule has 1 aliphatic rings. The summed E-state index contributed by atoms with van der Waals surface area (Å²) in [5.41, 5.74) is 3.72. The van der Waals surface area contributed by atoms with Gasteiger partial charge >= 0.3 is 6.36 Å². The van der Waals surface area contributed by atoms with Gasteiger partial charge in [-0.15, -0.1) is 13.2 Å². The zero-order chi connectivity index (χ0) is 20.0. The van der Waals surface area contributed by atoms with Gasteiger partial charge in [0.1, 0.15) is 5.75 Å². The van der Waals surface area contributed by atoms with Crippen molar-refractivity contribution >= 4 is 0 Å². The molecule has 0 spiro atoms. The number of rotatable bonds is 7. The fourth-order valence-electron chi connectivity index (χ4n) is 4.30. The lowest BCUT2D eigenvalue weighted by Crippen LogP contribution is -2.17. The molecular weight excluding hydrogens is 361 g/mol. The molecule has 0 N–H and O–H groups in total. The summed E-state index contributed by atoms with van der Waals surface area (Å²) in [6.07, 6.45) is 5.02. The third-order valence-corrected chi connectivity index (χ3v) is 5.85. The smallest absolute Gasteiger partial charge is 0.406 e. The molecule has 0 atom stereocenters. The molecular formula is C24H29F3O. The Balaban J connectivity index is 1.48. The van der Waals surface area contributed by atoms with Crippen LogP contribution >= 0.6 is 0 Å². The van der Waals surface area contributed by atoms with E-state index in [0.717, 1.165) is 24.3 Å². The number of hydrogen-bond acceptors (Lipinski definition) is 1. The van der Waals surface area contributed by atoms with Crippen LogP contribution in [0.5, 0.6) is 5.75 Å². The summed E-state index contributed by atoms with van der Waals surface area (Å²) in [7, 11) is 0. The van der Waals surface area contributed by atoms with E-state index in [2.05, 4.69) is 35.9 Å². The summed E-state index contributed by atoms with van der Waals surface area (Å²) in [4.78, 5) is 0. The molecule has 1 saturated carbocycles. The number of alkyl halides is 3. The first-order valence-electron chi connectivity index (χ1n) is 10.4. The molecule has 0 amide bonds. The van der Waals surface area contributed by atoms with Gasteiger partial charge in [0.25, 0.3) is 0 Å². The van der Waals surface area contributed by atoms with E-state index in [1.54, 1.807) is 12.1 Å². The van der Waals surface area contributed by atoms with E-state index in [1.807, 2.05) is 0 Å². The molecule has 0 aliphatic heterocycles. The van der Waals surface area contributed by atoms with Gasteiger partial charge in [0.15, 0.2) is 0 Å². The van der Waals surface area contributed by atoms with E-state index in [1.165, 1.54) is 61.8 Å². The Morgan fingerprint density at radius 2 is 1.36 bits per heavy atom. The average Bonchev–Trinajstić information content (AvgIpc) is 2.68. The molecule has 1 nitrogen and oxygen atoms in total. The fraction of sp³-hybridized carbons (Fsp3) is 0.500. The van der Waals surface area contributed by atoms with Crippen molar-refractivity contribution < 1.29 is 17.9 Å². The molecule has 3 rings (SSSR count). The average molecular weight is 390 g/mol. The van der Waals surface area contributed by atoms with Crippen LogP contribution in [-0.2, 0) is 12.8 Å². The number of halogens is 3. The van der Waals surface area contributed by atoms with E-state index in [4.69, 9.17) is 0 Å². The lowest BCUT2D eigenvalue weighted by Gasteiger charge is -2.28. The highest BCUT2D eigenvalue weighted by Crippen LogP contribution is 2.37. The Morgan fingerprint density at radius 1 is 0.821 bits per heavy atom. The van der Waals surface area contributed by atoms with E-state index < -0.39 is 6.36 Å². The van der Waals surface area contributed by atoms with Crippen LogP contribution in [-0.4, -0.2) is 6.36 Å². The van der Waals surface area contributed by atoms with E-state index in [-0.39, 0.29) is 5.75 Å². The first-order valence-corrected chi connectivity index (χ1v) is 10.4. The minimum Gasteiger partial charge on any atom is -0.406 e. The summed E-state index contributed by atoms with van der Waals surface area (Å²) in [5, 5.41) is 0. The maximum Gasteiger partial charge on any atom is 0.573 e. The second-order valence-corrected chi connectivity index (χ2v) is 7.94. The quantitative estimate of drug-likeness (QED) is 0.477. The van der Waals surface area contributed by atoms with Crippen LogP contribution in [0, 0.1) is 5.92 Å². The van der Waals surface area contributed by atoms with Crippen molar-refractivity contribution in [3.63, 3.8) is 0 Å². The predicted molar refractivity (Wildman–Crippen MR) is 107 cm³/mol. The summed E-state index contributed by atoms with van der Waals surface area (Å²) < 4.78 is 40.5. The van der Waals surface area contributed by atoms with Crippen LogP contribution in [0.15, 0.2) is 48.5 Å². The van der Waals surface area contributed by atoms with Gasteiger partial charge < -0.3 is 4.74 Å². The Bertz CT molecular complexity index is 711. The monoisotopic (exact) mass is 390 g/mol. The highest BCUT2D eigenvalue weighted by molar-refractivity contribution is 5.30. The Morgan fingerprint density at radius 3 is 1.86 bits per heavy atom. The fourth-order valence-corrected chi connectivity index (χ4v) is 4.30. The Hall–Kier alpha value is -1.97. The van der Waals surface area contributed by atoms with Gasteiger partial charge in [0.05, 0.1) is 0 Å². The maximum absolute atomic E-state index is 12.2. The molecule has 0 radical (unpaired) electrons. The molecule has 0 unspecified atom stereocenters. The van der Waals surface area contributed by atoms with Gasteiger partial charge in [-0.1, -0.05) is 56.2 Å². The van der Waals surface area contributed by atoms with Gasteiger partial charge in [0.2, 0.25) is 0 Å². The van der Waals surface area contributed by atoms with E-state index >= 15 is 0 Å². The zero-order valence-corrected chi connectivity index (χ0v) is 16.5. The van der Waals surface area contributed by atoms with E-state index in [9.17, 15) is 13.2 Å². The van der Waals surface area contributed by atoms with Crippen molar-refractivity contribution in [2.24, 2.45) is 5.92 Å². The predicted octanol–water partition coefficient (Wildman–Crippen LogP) is 7.44. The van der Waals surface area contributed by atoms with Crippen molar-refractivity contribution in [2.45, 2.75) is 70.6 Å². The standard InChI is InChI=1S/C24H29F3O/c1-2-3-18-6-12-21(13-7-18)22-14-8-19(9-15-22)4-5-20-10-16-23(17-11-20)28-24(25,26)27/h8-11,14-18,21H,2-7,12-13H2,1H3/t18-,21-. The van der Waals surface area contributed by atoms with Crippen LogP contribution < -0.4 is 4.74 Å². The van der Waals surface area contributed by atoms with Crippen molar-refractivity contribution in [2.75, 3.05) is 0 Å². The molecule has 152 valence electrons. The summed E-state index contributed by atoms with van der Waals surface area (Å²) in [6, 6.07) is 15.1. The van der Waals surface area contributed by atoms with Crippen LogP contribution in [0.4, 0.5) is 13.2 Å². The topological polar surface area (TPSA) is 9.23 Å². The Labute approximate surface area is 165 Å². The molecule has 2 aromatic carbocycles. The minimum absolute atomic E-state index is 0.172. The second kappa shape index (κ2) is 9.49. The number of hydrogen-bond donors (Lipinski definition) is 0. The third kappa shape index (κ3) is 6.29. The first-order chi connectivity index (χ1) is 13.4. The van der Waals surface area contributed by atoms with Crippen molar-refractivity contribution in [3.8, 4) is 5.75 Å². The van der Waals surface area contributed by atoms with Crippen molar-refractivity contribution in [1.29, 1.82) is 0 Å². The number of aryl methyl sites for hydroxylation is 2. The second-order valence-electron chi connectivity index (χ2n) is 7.94. The normalized spacial score (nSPS) is 20.1. The van der Waals surface area contributed by atoms with Crippen LogP contribution in [0.1, 0.15) is 68.1 Å². The maximum atomic E-state index is 12.2. The SMILES string of the molecule is CCC[C@H]1CC[C@H](c2ccc(CCc3ccc(OC(F)(F)F)cc3)cc2)CC1. The first kappa shape index (κ1) is 20.8. The molecule has 4 heteroatoms. The minimum atomic E-state index is -4.64. The molecule has 0 heterocycles. The summed E-state index contributed by atoms with van der Waals surface area (Å²) >= 11 is 0. The van der Waals surface area contributed by atoms with Gasteiger partial charge in [-0.2, -0.15) is 0 Å². The highest BCUT2D eigenvalue weighted by atomic mass is 19.4. The molecule has 1 aliphatic carbocycles. The molecule has 1 fully saturated rings. The van der Waals surface area contributed by atoms with Gasteiger partial charge in [-0.3, -0.25) is 0 Å². The molecule has 0 bridgehead atoms. The highest BCUT2D eigenvalue weighted by Gasteiger charge is 2.30. The van der Waals surface area contributed by atoms with Crippen molar-refractivity contribution in [1.82, 2.24) is 0 Å². The lowest BCUT2D eigenvalue weighted by atomic mass is 9.77. The van der Waals surface area contributed by atoms with Gasteiger partial charge in [-0.05, 0) is 79.2 Å². The largest absolute Gasteiger partial charge is 0.573 e. The number of benzene rings is 2. The van der Waals surface area contributed by atoms with Gasteiger partial charge in [-0.25, -0.2) is 0 Å². The lowest BCUT2D eigenvalue weighted by molar-refractivity contribution is -0.274. The molecule has 0 saturated heterocycles. The molecule has 2 aromatic rings. The zero-order valence-electron chi connectivity index (χ0n) is 16.5. The van der Waals surface area contributed by atoms with Gasteiger partial charge in [0, 0.05) is 0 Å². The summed E-state index contributed by atoms with van der Waals surface area (Å²) in [6.45, 7) is 2.27. The van der Waals surface area contributed by atoms with E-state index in [0.29, 0.717) is 5.92 Å². The van der Waals surface area contributed by atoms with Crippen LogP contribution in [0.2, 0.25) is 0 Å². The van der Waals surface area contributed by atoms with Crippen LogP contribution in [0.3, 0.4) is 0 Å². The van der Waals surface area contributed by atoms with Crippen molar-refractivity contribution in [3.05, 3.63) is 65.2 Å². The molecule has 28 heavy (non-hydrogen) atoms. The summed E-state index contributed by atoms with van der Waals surface area (Å²) in [5.74, 6) is 1.45.